The Bertz CT molecular complexity index is 511. The first-order valence-electron chi connectivity index (χ1n) is 8.91. The number of Topliss-reactive ketones (excluding diaryl/α,β-unsaturated/α-hetero) is 1. The molecule has 0 aliphatic carbocycles. The van der Waals surface area contributed by atoms with Crippen molar-refractivity contribution in [3.8, 4) is 0 Å². The van der Waals surface area contributed by atoms with Crippen molar-refractivity contribution in [3.05, 3.63) is 35.4 Å². The molecule has 1 N–H and O–H groups in total. The van der Waals surface area contributed by atoms with Gasteiger partial charge in [0.1, 0.15) is 5.78 Å². The van der Waals surface area contributed by atoms with Crippen LogP contribution in [-0.4, -0.2) is 23.1 Å². The van der Waals surface area contributed by atoms with Crippen molar-refractivity contribution in [2.24, 2.45) is 17.3 Å². The van der Waals surface area contributed by atoms with Gasteiger partial charge in [0.05, 0.1) is 18.8 Å². The van der Waals surface area contributed by atoms with Gasteiger partial charge in [0.2, 0.25) is 0 Å². The Morgan fingerprint density at radius 2 is 1.67 bits per heavy atom. The fraction of sp³-hybridized carbons (Fsp3) is 0.667. The summed E-state index contributed by atoms with van der Waals surface area (Å²) in [5.41, 5.74) is 1.93. The predicted molar refractivity (Wildman–Crippen MR) is 98.8 cm³/mol. The summed E-state index contributed by atoms with van der Waals surface area (Å²) < 4.78 is 6.11. The number of rotatable bonds is 8. The number of hydrogen-bond donors (Lipinski definition) is 1. The van der Waals surface area contributed by atoms with Crippen LogP contribution in [0.3, 0.4) is 0 Å². The number of aryl methyl sites for hydroxylation is 1. The molecule has 0 aliphatic heterocycles. The molecule has 0 fully saturated rings. The van der Waals surface area contributed by atoms with E-state index >= 15 is 0 Å². The maximum absolute atomic E-state index is 12.2. The summed E-state index contributed by atoms with van der Waals surface area (Å²) in [6, 6.07) is 8.28. The molecule has 0 heterocycles. The van der Waals surface area contributed by atoms with Crippen LogP contribution in [0, 0.1) is 24.2 Å². The largest absolute Gasteiger partial charge is 0.392 e. The van der Waals surface area contributed by atoms with Gasteiger partial charge in [-0.25, -0.2) is 0 Å². The molecule has 1 aromatic rings. The Hall–Kier alpha value is -1.19. The number of hydrogen-bond acceptors (Lipinski definition) is 3. The summed E-state index contributed by atoms with van der Waals surface area (Å²) >= 11 is 0. The van der Waals surface area contributed by atoms with E-state index in [1.165, 1.54) is 5.56 Å². The number of ether oxygens (including phenoxy) is 1. The lowest BCUT2D eigenvalue weighted by molar-refractivity contribution is -0.130. The zero-order chi connectivity index (χ0) is 18.5. The fourth-order valence-corrected chi connectivity index (χ4v) is 2.73. The Balaban J connectivity index is 2.68. The van der Waals surface area contributed by atoms with Crippen LogP contribution in [0.2, 0.25) is 0 Å². The Kier molecular flexibility index (Phi) is 7.62. The van der Waals surface area contributed by atoms with Gasteiger partial charge in [-0.2, -0.15) is 0 Å². The predicted octanol–water partition coefficient (Wildman–Crippen LogP) is 4.54. The number of ketones is 1. The summed E-state index contributed by atoms with van der Waals surface area (Å²) in [5, 5.41) is 10.5. The molecule has 1 aromatic carbocycles. The van der Waals surface area contributed by atoms with Crippen LogP contribution < -0.4 is 0 Å². The monoisotopic (exact) mass is 334 g/mol. The van der Waals surface area contributed by atoms with Gasteiger partial charge in [-0.05, 0) is 18.4 Å². The molecule has 0 spiro atoms. The van der Waals surface area contributed by atoms with E-state index in [1.54, 1.807) is 0 Å². The third kappa shape index (κ3) is 6.37. The second kappa shape index (κ2) is 8.77. The molecule has 3 heteroatoms. The Morgan fingerprint density at radius 1 is 1.12 bits per heavy atom. The number of carbonyl (C=O) groups is 1. The van der Waals surface area contributed by atoms with Gasteiger partial charge in [0, 0.05) is 17.8 Å². The average Bonchev–Trinajstić information content (AvgIpc) is 2.47. The third-order valence-corrected chi connectivity index (χ3v) is 4.58. The quantitative estimate of drug-likeness (QED) is 0.759. The van der Waals surface area contributed by atoms with Crippen LogP contribution in [0.1, 0.15) is 59.1 Å². The molecular weight excluding hydrogens is 300 g/mol. The lowest BCUT2D eigenvalue weighted by atomic mass is 9.82. The Morgan fingerprint density at radius 3 is 2.12 bits per heavy atom. The van der Waals surface area contributed by atoms with Crippen molar-refractivity contribution in [2.75, 3.05) is 0 Å². The molecule has 136 valence electrons. The normalized spacial score (nSPS) is 16.0. The van der Waals surface area contributed by atoms with Crippen LogP contribution in [0.4, 0.5) is 0 Å². The first kappa shape index (κ1) is 20.9. The van der Waals surface area contributed by atoms with Gasteiger partial charge < -0.3 is 9.84 Å². The molecule has 3 atom stereocenters. The van der Waals surface area contributed by atoms with Crippen LogP contribution in [0.15, 0.2) is 24.3 Å². The average molecular weight is 335 g/mol. The zero-order valence-electron chi connectivity index (χ0n) is 16.3. The van der Waals surface area contributed by atoms with Gasteiger partial charge in [-0.15, -0.1) is 0 Å². The summed E-state index contributed by atoms with van der Waals surface area (Å²) in [6.07, 6.45) is -0.585. The molecule has 0 aliphatic rings. The molecule has 0 saturated heterocycles. The van der Waals surface area contributed by atoms with Gasteiger partial charge in [-0.1, -0.05) is 71.4 Å². The van der Waals surface area contributed by atoms with Gasteiger partial charge in [-0.3, -0.25) is 4.79 Å². The molecule has 0 amide bonds. The molecule has 0 radical (unpaired) electrons. The van der Waals surface area contributed by atoms with E-state index in [1.807, 2.05) is 27.7 Å². The van der Waals surface area contributed by atoms with Crippen molar-refractivity contribution < 1.29 is 14.6 Å². The molecular formula is C21H34O3. The summed E-state index contributed by atoms with van der Waals surface area (Å²) in [6.45, 7) is 14.4. The van der Waals surface area contributed by atoms with Crippen molar-refractivity contribution in [1.82, 2.24) is 0 Å². The van der Waals surface area contributed by atoms with Crippen molar-refractivity contribution >= 4 is 5.78 Å². The molecule has 0 aromatic heterocycles. The molecule has 1 rings (SSSR count). The third-order valence-electron chi connectivity index (χ3n) is 4.58. The standard InChI is InChI=1S/C21H34O3/c1-14(2)20(24-13-17-10-8-15(3)9-11-17)16(4)18(22)12-19(23)21(5,6)7/h8-11,14,16,18,20,22H,12-13H2,1-7H3/t16-,18-,20-/m1/s1. The summed E-state index contributed by atoms with van der Waals surface area (Å²) in [7, 11) is 0. The number of carbonyl (C=O) groups excluding carboxylic acids is 1. The molecule has 0 unspecified atom stereocenters. The molecule has 0 saturated carbocycles. The molecule has 0 bridgehead atoms. The minimum Gasteiger partial charge on any atom is -0.392 e. The number of aliphatic hydroxyl groups excluding tert-OH is 1. The van der Waals surface area contributed by atoms with E-state index < -0.39 is 11.5 Å². The van der Waals surface area contributed by atoms with Crippen LogP contribution in [-0.2, 0) is 16.1 Å². The lowest BCUT2D eigenvalue weighted by Crippen LogP contribution is -2.38. The van der Waals surface area contributed by atoms with Crippen molar-refractivity contribution in [2.45, 2.75) is 73.7 Å². The van der Waals surface area contributed by atoms with Crippen LogP contribution >= 0.6 is 0 Å². The lowest BCUT2D eigenvalue weighted by Gasteiger charge is -2.32. The van der Waals surface area contributed by atoms with Gasteiger partial charge >= 0.3 is 0 Å². The van der Waals surface area contributed by atoms with Crippen LogP contribution in [0.5, 0.6) is 0 Å². The minimum atomic E-state index is -0.679. The maximum atomic E-state index is 12.2. The van der Waals surface area contributed by atoms with Crippen LogP contribution in [0.25, 0.3) is 0 Å². The smallest absolute Gasteiger partial charge is 0.140 e. The summed E-state index contributed by atoms with van der Waals surface area (Å²) in [5.74, 6) is 0.259. The summed E-state index contributed by atoms with van der Waals surface area (Å²) in [4.78, 5) is 12.2. The number of benzene rings is 1. The highest BCUT2D eigenvalue weighted by molar-refractivity contribution is 5.84. The van der Waals surface area contributed by atoms with E-state index in [2.05, 4.69) is 45.0 Å². The van der Waals surface area contributed by atoms with E-state index in [9.17, 15) is 9.90 Å². The van der Waals surface area contributed by atoms with E-state index in [-0.39, 0.29) is 30.1 Å². The second-order valence-electron chi connectivity index (χ2n) is 8.31. The molecule has 3 nitrogen and oxygen atoms in total. The highest BCUT2D eigenvalue weighted by Gasteiger charge is 2.31. The van der Waals surface area contributed by atoms with E-state index in [0.29, 0.717) is 6.61 Å². The highest BCUT2D eigenvalue weighted by atomic mass is 16.5. The highest BCUT2D eigenvalue weighted by Crippen LogP contribution is 2.26. The Labute approximate surface area is 147 Å². The SMILES string of the molecule is Cc1ccc(CO[C@H](C(C)C)[C@H](C)[C@H](O)CC(=O)C(C)(C)C)cc1. The zero-order valence-corrected chi connectivity index (χ0v) is 16.3. The van der Waals surface area contributed by atoms with Gasteiger partial charge in [0.25, 0.3) is 0 Å². The first-order chi connectivity index (χ1) is 11.0. The maximum Gasteiger partial charge on any atom is 0.140 e. The molecule has 24 heavy (non-hydrogen) atoms. The second-order valence-corrected chi connectivity index (χ2v) is 8.31. The van der Waals surface area contributed by atoms with Gasteiger partial charge in [0.15, 0.2) is 0 Å². The topological polar surface area (TPSA) is 46.5 Å². The minimum absolute atomic E-state index is 0.0860. The van der Waals surface area contributed by atoms with E-state index in [4.69, 9.17) is 4.74 Å². The first-order valence-corrected chi connectivity index (χ1v) is 8.91. The van der Waals surface area contributed by atoms with E-state index in [0.717, 1.165) is 5.56 Å². The number of aliphatic hydroxyl groups is 1. The van der Waals surface area contributed by atoms with Crippen molar-refractivity contribution in [3.63, 3.8) is 0 Å². The fourth-order valence-electron chi connectivity index (χ4n) is 2.73. The van der Waals surface area contributed by atoms with Crippen molar-refractivity contribution in [1.29, 1.82) is 0 Å².